The van der Waals surface area contributed by atoms with Crippen LogP contribution in [0, 0.1) is 0 Å². The second kappa shape index (κ2) is 8.84. The highest BCUT2D eigenvalue weighted by atomic mass is 16.2. The third kappa shape index (κ3) is 4.42. The number of rotatable bonds is 5. The molecule has 146 valence electrons. The number of hydrogen-bond acceptors (Lipinski definition) is 3. The summed E-state index contributed by atoms with van der Waals surface area (Å²) in [5, 5.41) is 9.07. The van der Waals surface area contributed by atoms with E-state index in [1.807, 2.05) is 48.5 Å². The van der Waals surface area contributed by atoms with E-state index in [1.54, 1.807) is 54.7 Å². The van der Waals surface area contributed by atoms with Crippen molar-refractivity contribution in [1.29, 1.82) is 0 Å². The minimum atomic E-state index is -0.326. The first kappa shape index (κ1) is 19.1. The van der Waals surface area contributed by atoms with Crippen molar-refractivity contribution in [1.82, 2.24) is 5.43 Å². The minimum absolute atomic E-state index is 0.201. The maximum Gasteiger partial charge on any atom is 0.271 e. The molecule has 5 nitrogen and oxygen atoms in total. The third-order valence-corrected chi connectivity index (χ3v) is 4.63. The van der Waals surface area contributed by atoms with Crippen LogP contribution in [0.1, 0.15) is 26.3 Å². The molecule has 0 aromatic heterocycles. The lowest BCUT2D eigenvalue weighted by atomic mass is 10.1. The Bertz CT molecular complexity index is 1210. The van der Waals surface area contributed by atoms with Gasteiger partial charge in [0.1, 0.15) is 0 Å². The van der Waals surface area contributed by atoms with Gasteiger partial charge in [-0.3, -0.25) is 9.59 Å². The second-order valence-corrected chi connectivity index (χ2v) is 6.67. The first-order valence-corrected chi connectivity index (χ1v) is 9.48. The third-order valence-electron chi connectivity index (χ3n) is 4.63. The molecule has 2 amide bonds. The van der Waals surface area contributed by atoms with Gasteiger partial charge in [0.2, 0.25) is 0 Å². The summed E-state index contributed by atoms with van der Waals surface area (Å²) in [6.45, 7) is 0. The first-order chi connectivity index (χ1) is 14.7. The van der Waals surface area contributed by atoms with Crippen molar-refractivity contribution < 1.29 is 9.59 Å². The van der Waals surface area contributed by atoms with Crippen molar-refractivity contribution in [3.63, 3.8) is 0 Å². The van der Waals surface area contributed by atoms with Gasteiger partial charge < -0.3 is 5.32 Å². The fourth-order valence-corrected chi connectivity index (χ4v) is 3.09. The number of carbonyl (C=O) groups is 2. The number of carbonyl (C=O) groups excluding carboxylic acids is 2. The molecule has 2 N–H and O–H groups in total. The predicted molar refractivity (Wildman–Crippen MR) is 120 cm³/mol. The zero-order valence-corrected chi connectivity index (χ0v) is 16.1. The Labute approximate surface area is 174 Å². The quantitative estimate of drug-likeness (QED) is 0.376. The number of hydrazone groups is 1. The molecule has 0 bridgehead atoms. The van der Waals surface area contributed by atoms with Gasteiger partial charge in [0.25, 0.3) is 11.8 Å². The van der Waals surface area contributed by atoms with E-state index in [-0.39, 0.29) is 11.8 Å². The molecule has 0 radical (unpaired) electrons. The summed E-state index contributed by atoms with van der Waals surface area (Å²) >= 11 is 0. The van der Waals surface area contributed by atoms with Gasteiger partial charge in [0, 0.05) is 22.4 Å². The van der Waals surface area contributed by atoms with Gasteiger partial charge in [0.15, 0.2) is 0 Å². The average Bonchev–Trinajstić information content (AvgIpc) is 2.80. The SMILES string of the molecule is O=C(N/N=C/c1cccc2ccccc12)c1ccc(NC(=O)c2ccccc2)cc1. The van der Waals surface area contributed by atoms with Gasteiger partial charge in [0.05, 0.1) is 6.21 Å². The van der Waals surface area contributed by atoms with E-state index in [2.05, 4.69) is 15.8 Å². The molecule has 0 aliphatic carbocycles. The van der Waals surface area contributed by atoms with E-state index in [4.69, 9.17) is 0 Å². The summed E-state index contributed by atoms with van der Waals surface area (Å²) in [5.41, 5.74) is 5.09. The maximum atomic E-state index is 12.3. The zero-order valence-electron chi connectivity index (χ0n) is 16.1. The van der Waals surface area contributed by atoms with Crippen LogP contribution in [-0.4, -0.2) is 18.0 Å². The first-order valence-electron chi connectivity index (χ1n) is 9.48. The molecule has 4 aromatic rings. The lowest BCUT2D eigenvalue weighted by molar-refractivity contribution is 0.0954. The molecule has 0 atom stereocenters. The maximum absolute atomic E-state index is 12.3. The summed E-state index contributed by atoms with van der Waals surface area (Å²) in [7, 11) is 0. The van der Waals surface area contributed by atoms with Crippen LogP contribution in [0.25, 0.3) is 10.8 Å². The number of benzene rings is 4. The van der Waals surface area contributed by atoms with Crippen LogP contribution in [0.5, 0.6) is 0 Å². The molecule has 0 fully saturated rings. The number of nitrogens with zero attached hydrogens (tertiary/aromatic N) is 1. The molecule has 4 aromatic carbocycles. The molecule has 30 heavy (non-hydrogen) atoms. The van der Waals surface area contributed by atoms with Crippen molar-refractivity contribution in [3.8, 4) is 0 Å². The Kier molecular flexibility index (Phi) is 5.62. The molecular weight excluding hydrogens is 374 g/mol. The van der Waals surface area contributed by atoms with Gasteiger partial charge in [-0.05, 0) is 47.2 Å². The molecule has 0 spiro atoms. The molecule has 0 aliphatic rings. The van der Waals surface area contributed by atoms with Crippen LogP contribution < -0.4 is 10.7 Å². The number of fused-ring (bicyclic) bond motifs is 1. The molecule has 0 aliphatic heterocycles. The van der Waals surface area contributed by atoms with Gasteiger partial charge in [-0.15, -0.1) is 0 Å². The van der Waals surface area contributed by atoms with E-state index >= 15 is 0 Å². The highest BCUT2D eigenvalue weighted by molar-refractivity contribution is 6.04. The Morgan fingerprint density at radius 2 is 1.33 bits per heavy atom. The Morgan fingerprint density at radius 3 is 2.13 bits per heavy atom. The average molecular weight is 393 g/mol. The Balaban J connectivity index is 1.39. The largest absolute Gasteiger partial charge is 0.322 e. The molecule has 0 heterocycles. The minimum Gasteiger partial charge on any atom is -0.322 e. The summed E-state index contributed by atoms with van der Waals surface area (Å²) < 4.78 is 0. The topological polar surface area (TPSA) is 70.6 Å². The van der Waals surface area contributed by atoms with Gasteiger partial charge >= 0.3 is 0 Å². The van der Waals surface area contributed by atoms with Crippen LogP contribution in [0.2, 0.25) is 0 Å². The van der Waals surface area contributed by atoms with Gasteiger partial charge in [-0.2, -0.15) is 5.10 Å². The van der Waals surface area contributed by atoms with E-state index < -0.39 is 0 Å². The van der Waals surface area contributed by atoms with Crippen LogP contribution in [0.15, 0.2) is 102 Å². The molecule has 0 saturated heterocycles. The van der Waals surface area contributed by atoms with Crippen LogP contribution in [-0.2, 0) is 0 Å². The summed E-state index contributed by atoms with van der Waals surface area (Å²) in [4.78, 5) is 24.5. The molecule has 4 rings (SSSR count). The summed E-state index contributed by atoms with van der Waals surface area (Å²) in [5.74, 6) is -0.528. The van der Waals surface area contributed by atoms with Crippen molar-refractivity contribution in [2.45, 2.75) is 0 Å². The highest BCUT2D eigenvalue weighted by Gasteiger charge is 2.07. The monoisotopic (exact) mass is 393 g/mol. The van der Waals surface area contributed by atoms with Crippen LogP contribution in [0.4, 0.5) is 5.69 Å². The molecule has 5 heteroatoms. The smallest absolute Gasteiger partial charge is 0.271 e. The van der Waals surface area contributed by atoms with E-state index in [9.17, 15) is 9.59 Å². The molecule has 0 saturated carbocycles. The summed E-state index contributed by atoms with van der Waals surface area (Å²) in [6, 6.07) is 29.5. The number of hydrogen-bond donors (Lipinski definition) is 2. The van der Waals surface area contributed by atoms with Crippen LogP contribution >= 0.6 is 0 Å². The fourth-order valence-electron chi connectivity index (χ4n) is 3.09. The normalized spacial score (nSPS) is 10.8. The van der Waals surface area contributed by atoms with E-state index in [1.165, 1.54) is 0 Å². The van der Waals surface area contributed by atoms with Crippen molar-refractivity contribution in [3.05, 3.63) is 114 Å². The highest BCUT2D eigenvalue weighted by Crippen LogP contribution is 2.17. The van der Waals surface area contributed by atoms with Crippen molar-refractivity contribution in [2.75, 3.05) is 5.32 Å². The molecular formula is C25H19N3O2. The zero-order chi connectivity index (χ0) is 20.8. The van der Waals surface area contributed by atoms with Gasteiger partial charge in [-0.25, -0.2) is 5.43 Å². The molecule has 0 unspecified atom stereocenters. The van der Waals surface area contributed by atoms with Gasteiger partial charge in [-0.1, -0.05) is 60.7 Å². The Morgan fingerprint density at radius 1 is 0.667 bits per heavy atom. The number of amides is 2. The van der Waals surface area contributed by atoms with Crippen molar-refractivity contribution in [2.24, 2.45) is 5.10 Å². The standard InChI is InChI=1S/C25H19N3O2/c29-24(19-8-2-1-3-9-19)27-22-15-13-20(14-16-22)25(30)28-26-17-21-11-6-10-18-7-4-5-12-23(18)21/h1-17H,(H,27,29)(H,28,30)/b26-17+. The van der Waals surface area contributed by atoms with Crippen LogP contribution in [0.3, 0.4) is 0 Å². The summed E-state index contributed by atoms with van der Waals surface area (Å²) in [6.07, 6.45) is 1.63. The van der Waals surface area contributed by atoms with E-state index in [0.29, 0.717) is 16.8 Å². The lowest BCUT2D eigenvalue weighted by Gasteiger charge is -2.06. The van der Waals surface area contributed by atoms with E-state index in [0.717, 1.165) is 16.3 Å². The fraction of sp³-hybridized carbons (Fsp3) is 0. The number of anilines is 1. The Hall–Kier alpha value is -4.25. The number of nitrogens with one attached hydrogen (secondary N) is 2. The lowest BCUT2D eigenvalue weighted by Crippen LogP contribution is -2.18. The predicted octanol–water partition coefficient (Wildman–Crippen LogP) is 4.86. The van der Waals surface area contributed by atoms with Crippen molar-refractivity contribution >= 4 is 34.5 Å². The second-order valence-electron chi connectivity index (χ2n) is 6.67.